The minimum atomic E-state index is -0.161. The number of phenols is 1. The van der Waals surface area contributed by atoms with Crippen LogP contribution < -0.4 is 5.43 Å². The van der Waals surface area contributed by atoms with Gasteiger partial charge in [0.1, 0.15) is 5.75 Å². The molecule has 0 radical (unpaired) electrons. The molecular formula is C17H18N2O2. The largest absolute Gasteiger partial charge is 0.508 e. The minimum Gasteiger partial charge on any atom is -0.508 e. The van der Waals surface area contributed by atoms with Crippen molar-refractivity contribution in [1.82, 2.24) is 5.43 Å². The van der Waals surface area contributed by atoms with Crippen LogP contribution in [0.3, 0.4) is 0 Å². The van der Waals surface area contributed by atoms with E-state index in [2.05, 4.69) is 10.5 Å². The number of rotatable bonds is 4. The van der Waals surface area contributed by atoms with Gasteiger partial charge >= 0.3 is 0 Å². The predicted octanol–water partition coefficient (Wildman–Crippen LogP) is 2.70. The van der Waals surface area contributed by atoms with Crippen LogP contribution in [0.4, 0.5) is 0 Å². The highest BCUT2D eigenvalue weighted by Crippen LogP contribution is 2.15. The van der Waals surface area contributed by atoms with Crippen LogP contribution in [0.15, 0.2) is 47.6 Å². The minimum absolute atomic E-state index is 0.161. The van der Waals surface area contributed by atoms with Gasteiger partial charge in [-0.15, -0.1) is 0 Å². The third kappa shape index (κ3) is 4.45. The van der Waals surface area contributed by atoms with Crippen LogP contribution >= 0.6 is 0 Å². The molecule has 0 bridgehead atoms. The lowest BCUT2D eigenvalue weighted by molar-refractivity contribution is -0.120. The Morgan fingerprint density at radius 3 is 2.57 bits per heavy atom. The van der Waals surface area contributed by atoms with E-state index in [1.54, 1.807) is 24.4 Å². The Bertz CT molecular complexity index is 661. The van der Waals surface area contributed by atoms with E-state index in [0.29, 0.717) is 6.42 Å². The maximum atomic E-state index is 11.7. The lowest BCUT2D eigenvalue weighted by Gasteiger charge is -2.02. The van der Waals surface area contributed by atoms with Gasteiger partial charge < -0.3 is 5.11 Å². The zero-order valence-electron chi connectivity index (χ0n) is 12.1. The standard InChI is InChI=1S/C17H18N2O2/c1-12-3-5-14(6-4-12)10-17(21)19-18-11-15-7-8-16(20)13(2)9-15/h3-9,11,20H,10H2,1-2H3,(H,19,21)/b18-11+. The van der Waals surface area contributed by atoms with Gasteiger partial charge in [-0.25, -0.2) is 5.43 Å². The van der Waals surface area contributed by atoms with E-state index >= 15 is 0 Å². The van der Waals surface area contributed by atoms with Gasteiger partial charge in [-0.05, 0) is 48.7 Å². The molecule has 2 aromatic carbocycles. The number of aryl methyl sites for hydroxylation is 2. The number of carbonyl (C=O) groups is 1. The summed E-state index contributed by atoms with van der Waals surface area (Å²) in [5.41, 5.74) is 6.20. The molecule has 0 heterocycles. The van der Waals surface area contributed by atoms with Gasteiger partial charge in [0.05, 0.1) is 12.6 Å². The highest BCUT2D eigenvalue weighted by molar-refractivity contribution is 5.83. The summed E-state index contributed by atoms with van der Waals surface area (Å²) in [4.78, 5) is 11.7. The smallest absolute Gasteiger partial charge is 0.244 e. The Morgan fingerprint density at radius 1 is 1.19 bits per heavy atom. The SMILES string of the molecule is Cc1ccc(CC(=O)N/N=C/c2ccc(O)c(C)c2)cc1. The molecule has 0 aliphatic heterocycles. The summed E-state index contributed by atoms with van der Waals surface area (Å²) in [6, 6.07) is 13.0. The third-order valence-corrected chi connectivity index (χ3v) is 3.11. The van der Waals surface area contributed by atoms with E-state index in [1.165, 1.54) is 5.56 Å². The first-order chi connectivity index (χ1) is 10.0. The molecule has 0 atom stereocenters. The van der Waals surface area contributed by atoms with Gasteiger partial charge in [0.2, 0.25) is 5.91 Å². The number of nitrogens with zero attached hydrogens (tertiary/aromatic N) is 1. The molecule has 4 nitrogen and oxygen atoms in total. The Morgan fingerprint density at radius 2 is 1.90 bits per heavy atom. The molecule has 21 heavy (non-hydrogen) atoms. The summed E-state index contributed by atoms with van der Waals surface area (Å²) in [6.07, 6.45) is 1.85. The molecular weight excluding hydrogens is 264 g/mol. The first kappa shape index (κ1) is 14.8. The number of amides is 1. The van der Waals surface area contributed by atoms with E-state index in [4.69, 9.17) is 0 Å². The first-order valence-corrected chi connectivity index (χ1v) is 6.71. The van der Waals surface area contributed by atoms with Crippen LogP contribution in [-0.2, 0) is 11.2 Å². The van der Waals surface area contributed by atoms with Gasteiger partial charge in [0.15, 0.2) is 0 Å². The number of aromatic hydroxyl groups is 1. The summed E-state index contributed by atoms with van der Waals surface area (Å²) in [7, 11) is 0. The van der Waals surface area contributed by atoms with Crippen molar-refractivity contribution in [3.63, 3.8) is 0 Å². The number of nitrogens with one attached hydrogen (secondary N) is 1. The van der Waals surface area contributed by atoms with Gasteiger partial charge in [0.25, 0.3) is 0 Å². The lowest BCUT2D eigenvalue weighted by Crippen LogP contribution is -2.19. The van der Waals surface area contributed by atoms with Gasteiger partial charge in [-0.2, -0.15) is 5.10 Å². The molecule has 0 spiro atoms. The number of benzene rings is 2. The van der Waals surface area contributed by atoms with Crippen LogP contribution in [0.2, 0.25) is 0 Å². The van der Waals surface area contributed by atoms with E-state index in [9.17, 15) is 9.90 Å². The first-order valence-electron chi connectivity index (χ1n) is 6.71. The Balaban J connectivity index is 1.89. The molecule has 0 aromatic heterocycles. The van der Waals surface area contributed by atoms with E-state index < -0.39 is 0 Å². The molecule has 2 N–H and O–H groups in total. The number of phenolic OH excluding ortho intramolecular Hbond substituents is 1. The van der Waals surface area contributed by atoms with Gasteiger partial charge in [0, 0.05) is 0 Å². The fraction of sp³-hybridized carbons (Fsp3) is 0.176. The fourth-order valence-corrected chi connectivity index (χ4v) is 1.87. The predicted molar refractivity (Wildman–Crippen MR) is 83.5 cm³/mol. The number of hydrazone groups is 1. The molecule has 0 saturated heterocycles. The summed E-state index contributed by atoms with van der Waals surface area (Å²) >= 11 is 0. The third-order valence-electron chi connectivity index (χ3n) is 3.11. The zero-order chi connectivity index (χ0) is 15.2. The van der Waals surface area contributed by atoms with Crippen molar-refractivity contribution in [3.05, 3.63) is 64.7 Å². The quantitative estimate of drug-likeness (QED) is 0.669. The Labute approximate surface area is 124 Å². The van der Waals surface area contributed by atoms with Crippen molar-refractivity contribution >= 4 is 12.1 Å². The Hall–Kier alpha value is -2.62. The second-order valence-electron chi connectivity index (χ2n) is 5.00. The average Bonchev–Trinajstić information content (AvgIpc) is 2.45. The van der Waals surface area contributed by atoms with Crippen LogP contribution in [0, 0.1) is 13.8 Å². The molecule has 0 unspecified atom stereocenters. The summed E-state index contributed by atoms with van der Waals surface area (Å²) < 4.78 is 0. The average molecular weight is 282 g/mol. The fourth-order valence-electron chi connectivity index (χ4n) is 1.87. The number of carbonyl (C=O) groups excluding carboxylic acids is 1. The highest BCUT2D eigenvalue weighted by atomic mass is 16.3. The summed E-state index contributed by atoms with van der Waals surface area (Å²) in [5.74, 6) is 0.0844. The van der Waals surface area contributed by atoms with Crippen molar-refractivity contribution < 1.29 is 9.90 Å². The zero-order valence-corrected chi connectivity index (χ0v) is 12.1. The van der Waals surface area contributed by atoms with Crippen LogP contribution in [0.1, 0.15) is 22.3 Å². The second kappa shape index (κ2) is 6.70. The van der Waals surface area contributed by atoms with Crippen molar-refractivity contribution in [1.29, 1.82) is 0 Å². The molecule has 2 aromatic rings. The summed E-state index contributed by atoms with van der Waals surface area (Å²) in [6.45, 7) is 3.82. The van der Waals surface area contributed by atoms with E-state index in [-0.39, 0.29) is 11.7 Å². The topological polar surface area (TPSA) is 61.7 Å². The molecule has 0 fully saturated rings. The van der Waals surface area contributed by atoms with Crippen LogP contribution in [0.25, 0.3) is 0 Å². The lowest BCUT2D eigenvalue weighted by atomic mass is 10.1. The van der Waals surface area contributed by atoms with Crippen molar-refractivity contribution in [2.24, 2.45) is 5.10 Å². The molecule has 108 valence electrons. The van der Waals surface area contributed by atoms with Crippen molar-refractivity contribution in [3.8, 4) is 5.75 Å². The van der Waals surface area contributed by atoms with E-state index in [0.717, 1.165) is 16.7 Å². The molecule has 0 aliphatic rings. The molecule has 0 saturated carbocycles. The van der Waals surface area contributed by atoms with Gasteiger partial charge in [-0.3, -0.25) is 4.79 Å². The maximum absolute atomic E-state index is 11.7. The van der Waals surface area contributed by atoms with Crippen LogP contribution in [0.5, 0.6) is 5.75 Å². The van der Waals surface area contributed by atoms with E-state index in [1.807, 2.05) is 38.1 Å². The summed E-state index contributed by atoms with van der Waals surface area (Å²) in [5, 5.41) is 13.3. The monoisotopic (exact) mass is 282 g/mol. The number of hydrogen-bond donors (Lipinski definition) is 2. The van der Waals surface area contributed by atoms with Gasteiger partial charge in [-0.1, -0.05) is 29.8 Å². The molecule has 4 heteroatoms. The normalized spacial score (nSPS) is 10.8. The molecule has 1 amide bonds. The molecule has 0 aliphatic carbocycles. The second-order valence-corrected chi connectivity index (χ2v) is 5.00. The van der Waals surface area contributed by atoms with Crippen molar-refractivity contribution in [2.75, 3.05) is 0 Å². The molecule has 2 rings (SSSR count). The number of hydrogen-bond acceptors (Lipinski definition) is 3. The van der Waals surface area contributed by atoms with Crippen LogP contribution in [-0.4, -0.2) is 17.2 Å². The maximum Gasteiger partial charge on any atom is 0.244 e. The Kier molecular flexibility index (Phi) is 4.72. The van der Waals surface area contributed by atoms with Crippen molar-refractivity contribution in [2.45, 2.75) is 20.3 Å². The highest BCUT2D eigenvalue weighted by Gasteiger charge is 2.01.